The number of benzene rings is 1. The Labute approximate surface area is 159 Å². The summed E-state index contributed by atoms with van der Waals surface area (Å²) in [5.41, 5.74) is -0.588. The fourth-order valence-corrected chi connectivity index (χ4v) is 5.65. The van der Waals surface area contributed by atoms with Crippen molar-refractivity contribution in [2.24, 2.45) is 23.7 Å². The van der Waals surface area contributed by atoms with Crippen LogP contribution in [0.3, 0.4) is 0 Å². The Morgan fingerprint density at radius 2 is 1.81 bits per heavy atom. The molecule has 6 heteroatoms. The summed E-state index contributed by atoms with van der Waals surface area (Å²) >= 11 is 0. The van der Waals surface area contributed by atoms with Crippen LogP contribution < -0.4 is 4.74 Å². The van der Waals surface area contributed by atoms with E-state index in [4.69, 9.17) is 24.0 Å². The summed E-state index contributed by atoms with van der Waals surface area (Å²) in [6.45, 7) is 6.34. The molecule has 8 atom stereocenters. The van der Waals surface area contributed by atoms with Crippen molar-refractivity contribution in [2.45, 2.75) is 70.4 Å². The summed E-state index contributed by atoms with van der Waals surface area (Å²) in [4.78, 5) is 11.9. The van der Waals surface area contributed by atoms with Gasteiger partial charge in [-0.1, -0.05) is 13.8 Å². The molecule has 1 aliphatic carbocycles. The van der Waals surface area contributed by atoms with E-state index in [0.717, 1.165) is 25.7 Å². The molecule has 5 aliphatic rings. The number of ether oxygens (including phenoxy) is 3. The molecule has 0 unspecified atom stereocenters. The Bertz CT molecular complexity index is 711. The zero-order valence-electron chi connectivity index (χ0n) is 16.0. The SMILES string of the molecule is C[C@H]1[C@@H](Oc2ccc(F)cc2)O[C@@H]2O[C@]3(C)CC[C@H]4[C@H](C)CC[C@@H]1[C@@]24OO3. The quantitative estimate of drug-likeness (QED) is 0.713. The third-order valence-corrected chi connectivity index (χ3v) is 7.16. The van der Waals surface area contributed by atoms with E-state index in [2.05, 4.69) is 13.8 Å². The van der Waals surface area contributed by atoms with Crippen molar-refractivity contribution < 1.29 is 28.4 Å². The molecular weight excluding hydrogens is 351 g/mol. The summed E-state index contributed by atoms with van der Waals surface area (Å²) in [7, 11) is 0. The first-order valence-corrected chi connectivity index (χ1v) is 10.0. The molecule has 6 rings (SSSR count). The number of rotatable bonds is 2. The van der Waals surface area contributed by atoms with Crippen LogP contribution >= 0.6 is 0 Å². The Hall–Kier alpha value is -1.21. The first-order valence-electron chi connectivity index (χ1n) is 10.0. The van der Waals surface area contributed by atoms with Gasteiger partial charge in [0.2, 0.25) is 12.1 Å². The van der Waals surface area contributed by atoms with Crippen LogP contribution in [0.2, 0.25) is 0 Å². The van der Waals surface area contributed by atoms with Crippen LogP contribution in [0.25, 0.3) is 0 Å². The molecule has 4 heterocycles. The van der Waals surface area contributed by atoms with Gasteiger partial charge in [0.25, 0.3) is 0 Å². The number of hydrogen-bond acceptors (Lipinski definition) is 5. The third-order valence-electron chi connectivity index (χ3n) is 7.16. The molecule has 4 saturated heterocycles. The lowest BCUT2D eigenvalue weighted by Crippen LogP contribution is -2.70. The minimum absolute atomic E-state index is 0.0935. The first-order chi connectivity index (χ1) is 12.9. The molecule has 1 spiro atoms. The molecular formula is C21H27FO5. The summed E-state index contributed by atoms with van der Waals surface area (Å²) in [5, 5.41) is 0. The van der Waals surface area contributed by atoms with E-state index in [0.29, 0.717) is 17.6 Å². The van der Waals surface area contributed by atoms with Gasteiger partial charge in [-0.25, -0.2) is 14.2 Å². The van der Waals surface area contributed by atoms with Crippen molar-refractivity contribution in [3.05, 3.63) is 30.1 Å². The average molecular weight is 378 g/mol. The normalized spacial score (nSPS) is 48.6. The fraction of sp³-hybridized carbons (Fsp3) is 0.714. The van der Waals surface area contributed by atoms with Crippen molar-refractivity contribution in [1.82, 2.24) is 0 Å². The van der Waals surface area contributed by atoms with Crippen LogP contribution in [0.4, 0.5) is 4.39 Å². The number of halogens is 1. The van der Waals surface area contributed by atoms with Crippen molar-refractivity contribution in [2.75, 3.05) is 0 Å². The zero-order chi connectivity index (χ0) is 18.8. The smallest absolute Gasteiger partial charge is 0.205 e. The maximum atomic E-state index is 13.2. The maximum absolute atomic E-state index is 13.2. The lowest BCUT2D eigenvalue weighted by atomic mass is 9.58. The fourth-order valence-electron chi connectivity index (χ4n) is 5.65. The van der Waals surface area contributed by atoms with Gasteiger partial charge in [0.05, 0.1) is 0 Å². The van der Waals surface area contributed by atoms with Gasteiger partial charge in [0.15, 0.2) is 11.9 Å². The molecule has 0 aromatic heterocycles. The zero-order valence-corrected chi connectivity index (χ0v) is 16.0. The van der Waals surface area contributed by atoms with Gasteiger partial charge < -0.3 is 14.2 Å². The van der Waals surface area contributed by atoms with Gasteiger partial charge in [0.1, 0.15) is 11.6 Å². The highest BCUT2D eigenvalue weighted by Crippen LogP contribution is 2.60. The van der Waals surface area contributed by atoms with E-state index >= 15 is 0 Å². The molecule has 1 aromatic carbocycles. The molecule has 148 valence electrons. The minimum atomic E-state index is -0.793. The van der Waals surface area contributed by atoms with Gasteiger partial charge in [-0.3, -0.25) is 0 Å². The Kier molecular flexibility index (Phi) is 4.06. The molecule has 4 aliphatic heterocycles. The van der Waals surface area contributed by atoms with E-state index < -0.39 is 24.0 Å². The Morgan fingerprint density at radius 1 is 1.04 bits per heavy atom. The lowest BCUT2D eigenvalue weighted by molar-refractivity contribution is -0.575. The van der Waals surface area contributed by atoms with Crippen molar-refractivity contribution in [1.29, 1.82) is 0 Å². The van der Waals surface area contributed by atoms with Crippen LogP contribution in [0.5, 0.6) is 5.75 Å². The van der Waals surface area contributed by atoms with Crippen LogP contribution in [-0.2, 0) is 19.2 Å². The third kappa shape index (κ3) is 2.64. The highest BCUT2D eigenvalue weighted by molar-refractivity contribution is 5.22. The molecule has 5 fully saturated rings. The topological polar surface area (TPSA) is 46.2 Å². The summed E-state index contributed by atoms with van der Waals surface area (Å²) in [5.74, 6) is 0.680. The summed E-state index contributed by atoms with van der Waals surface area (Å²) in [6, 6.07) is 6.04. The number of fused-ring (bicyclic) bond motifs is 2. The lowest BCUT2D eigenvalue weighted by Gasteiger charge is -2.60. The van der Waals surface area contributed by atoms with Gasteiger partial charge in [-0.15, -0.1) is 0 Å². The first kappa shape index (κ1) is 17.9. The van der Waals surface area contributed by atoms with E-state index in [9.17, 15) is 4.39 Å². The molecule has 0 amide bonds. The summed E-state index contributed by atoms with van der Waals surface area (Å²) < 4.78 is 32.0. The van der Waals surface area contributed by atoms with Crippen molar-refractivity contribution in [3.8, 4) is 5.75 Å². The minimum Gasteiger partial charge on any atom is -0.465 e. The predicted octanol–water partition coefficient (Wildman–Crippen LogP) is 4.41. The number of hydrogen-bond donors (Lipinski definition) is 0. The van der Waals surface area contributed by atoms with Crippen LogP contribution in [0.15, 0.2) is 24.3 Å². The van der Waals surface area contributed by atoms with E-state index in [1.807, 2.05) is 6.92 Å². The van der Waals surface area contributed by atoms with Crippen LogP contribution in [0.1, 0.15) is 46.5 Å². The molecule has 2 bridgehead atoms. The maximum Gasteiger partial charge on any atom is 0.205 e. The second-order valence-electron chi connectivity index (χ2n) is 8.85. The second kappa shape index (κ2) is 6.14. The summed E-state index contributed by atoms with van der Waals surface area (Å²) in [6.07, 6.45) is 2.95. The molecule has 5 nitrogen and oxygen atoms in total. The van der Waals surface area contributed by atoms with Crippen LogP contribution in [0, 0.1) is 29.5 Å². The Morgan fingerprint density at radius 3 is 2.59 bits per heavy atom. The largest absolute Gasteiger partial charge is 0.465 e. The van der Waals surface area contributed by atoms with E-state index in [-0.39, 0.29) is 17.7 Å². The molecule has 0 N–H and O–H groups in total. The van der Waals surface area contributed by atoms with Crippen LogP contribution in [-0.4, -0.2) is 24.0 Å². The average Bonchev–Trinajstić information content (AvgIpc) is 2.87. The van der Waals surface area contributed by atoms with Gasteiger partial charge in [0, 0.05) is 18.3 Å². The monoisotopic (exact) mass is 378 g/mol. The predicted molar refractivity (Wildman–Crippen MR) is 93.9 cm³/mol. The highest BCUT2D eigenvalue weighted by atomic mass is 19.1. The molecule has 27 heavy (non-hydrogen) atoms. The Balaban J connectivity index is 1.48. The van der Waals surface area contributed by atoms with Gasteiger partial charge in [-0.2, -0.15) is 0 Å². The molecule has 1 saturated carbocycles. The molecule has 1 aromatic rings. The second-order valence-corrected chi connectivity index (χ2v) is 8.85. The van der Waals surface area contributed by atoms with E-state index in [1.54, 1.807) is 12.1 Å². The standard InChI is InChI=1S/C21H27FO5/c1-12-4-9-17-13(2)18(23-15-7-5-14(22)6-8-15)24-19-21(17)16(12)10-11-20(3,25-19)26-27-21/h5-8,12-13,16-19H,4,9-11H2,1-3H3/t12-,13-,16+,17+,18+,19-,20+,21-/m1/s1. The highest BCUT2D eigenvalue weighted by Gasteiger charge is 2.69. The van der Waals surface area contributed by atoms with Crippen molar-refractivity contribution in [3.63, 3.8) is 0 Å². The van der Waals surface area contributed by atoms with Gasteiger partial charge >= 0.3 is 0 Å². The molecule has 0 radical (unpaired) electrons. The van der Waals surface area contributed by atoms with Gasteiger partial charge in [-0.05, 0) is 62.3 Å². The van der Waals surface area contributed by atoms with Crippen molar-refractivity contribution >= 4 is 0 Å². The van der Waals surface area contributed by atoms with E-state index in [1.165, 1.54) is 12.1 Å².